The van der Waals surface area contributed by atoms with Crippen molar-refractivity contribution in [2.24, 2.45) is 13.0 Å². The minimum absolute atomic E-state index is 0.176. The topological polar surface area (TPSA) is 46.0 Å². The summed E-state index contributed by atoms with van der Waals surface area (Å²) in [6, 6.07) is 4.92. The lowest BCUT2D eigenvalue weighted by Crippen LogP contribution is -2.32. The first-order valence-corrected chi connectivity index (χ1v) is 9.82. The monoisotopic (exact) mass is 355 g/mol. The summed E-state index contributed by atoms with van der Waals surface area (Å²) in [7, 11) is 1.99. The van der Waals surface area contributed by atoms with Gasteiger partial charge in [0.2, 0.25) is 0 Å². The van der Waals surface area contributed by atoms with E-state index < -0.39 is 0 Å². The Morgan fingerprint density at radius 1 is 1.15 bits per heavy atom. The Kier molecular flexibility index (Phi) is 6.09. The molecule has 142 valence electrons. The van der Waals surface area contributed by atoms with Crippen molar-refractivity contribution in [1.82, 2.24) is 25.0 Å². The van der Waals surface area contributed by atoms with Gasteiger partial charge in [-0.25, -0.2) is 0 Å². The van der Waals surface area contributed by atoms with Gasteiger partial charge in [0.05, 0.1) is 6.04 Å². The van der Waals surface area contributed by atoms with E-state index in [1.807, 2.05) is 11.6 Å². The van der Waals surface area contributed by atoms with E-state index >= 15 is 0 Å². The van der Waals surface area contributed by atoms with Crippen LogP contribution in [0, 0.1) is 19.8 Å². The molecule has 0 radical (unpaired) electrons. The number of hydrogen-bond donors (Lipinski definition) is 1. The van der Waals surface area contributed by atoms with Gasteiger partial charge in [-0.1, -0.05) is 19.1 Å². The molecular weight excluding hydrogens is 322 g/mol. The van der Waals surface area contributed by atoms with Crippen LogP contribution in [0.1, 0.15) is 60.8 Å². The van der Waals surface area contributed by atoms with Crippen LogP contribution in [0.15, 0.2) is 18.5 Å². The Hall–Kier alpha value is -1.72. The Morgan fingerprint density at radius 3 is 2.50 bits per heavy atom. The van der Waals surface area contributed by atoms with Gasteiger partial charge >= 0.3 is 0 Å². The molecule has 3 rings (SSSR count). The molecule has 26 heavy (non-hydrogen) atoms. The van der Waals surface area contributed by atoms with Gasteiger partial charge in [-0.05, 0) is 74.9 Å². The summed E-state index contributed by atoms with van der Waals surface area (Å²) in [5.74, 6) is 1.85. The van der Waals surface area contributed by atoms with Crippen LogP contribution in [-0.2, 0) is 20.1 Å². The summed E-state index contributed by atoms with van der Waals surface area (Å²) in [4.78, 5) is 2.61. The molecule has 1 fully saturated rings. The van der Waals surface area contributed by atoms with Gasteiger partial charge in [-0.15, -0.1) is 10.2 Å². The second-order valence-electron chi connectivity index (χ2n) is 8.07. The Morgan fingerprint density at radius 2 is 1.85 bits per heavy atom. The molecule has 1 atom stereocenters. The Bertz CT molecular complexity index is 728. The molecule has 0 amide bonds. The first kappa shape index (κ1) is 19.1. The van der Waals surface area contributed by atoms with Crippen LogP contribution in [0.3, 0.4) is 0 Å². The highest BCUT2D eigenvalue weighted by atomic mass is 15.3. The van der Waals surface area contributed by atoms with Gasteiger partial charge in [0, 0.05) is 20.1 Å². The molecular formula is C21H33N5. The number of nitrogens with one attached hydrogen (secondary N) is 1. The molecule has 1 aliphatic heterocycles. The minimum atomic E-state index is 0.176. The third kappa shape index (κ3) is 4.51. The van der Waals surface area contributed by atoms with E-state index in [0.29, 0.717) is 0 Å². The van der Waals surface area contributed by atoms with Crippen molar-refractivity contribution in [3.05, 3.63) is 46.5 Å². The van der Waals surface area contributed by atoms with E-state index in [1.54, 1.807) is 6.33 Å². The average molecular weight is 356 g/mol. The molecule has 0 bridgehead atoms. The van der Waals surface area contributed by atoms with E-state index in [-0.39, 0.29) is 6.04 Å². The van der Waals surface area contributed by atoms with Gasteiger partial charge in [-0.2, -0.15) is 0 Å². The minimum Gasteiger partial charge on any atom is -0.319 e. The number of rotatable bonds is 6. The van der Waals surface area contributed by atoms with Gasteiger partial charge in [-0.3, -0.25) is 4.90 Å². The van der Waals surface area contributed by atoms with Crippen molar-refractivity contribution in [2.75, 3.05) is 13.1 Å². The summed E-state index contributed by atoms with van der Waals surface area (Å²) in [5.41, 5.74) is 5.61. The fourth-order valence-electron chi connectivity index (χ4n) is 3.81. The molecule has 1 aromatic heterocycles. The fraction of sp³-hybridized carbons (Fsp3) is 0.619. The molecule has 2 aromatic rings. The predicted octanol–water partition coefficient (Wildman–Crippen LogP) is 3.51. The van der Waals surface area contributed by atoms with Crippen molar-refractivity contribution < 1.29 is 0 Å². The number of piperidine rings is 1. The Labute approximate surface area is 157 Å². The molecule has 0 spiro atoms. The van der Waals surface area contributed by atoms with Gasteiger partial charge in [0.15, 0.2) is 0 Å². The number of nitrogens with zero attached hydrogens (tertiary/aromatic N) is 4. The van der Waals surface area contributed by atoms with Crippen LogP contribution < -0.4 is 5.32 Å². The molecule has 2 heterocycles. The van der Waals surface area contributed by atoms with Gasteiger partial charge in [0.25, 0.3) is 0 Å². The second kappa shape index (κ2) is 8.31. The zero-order valence-electron chi connectivity index (χ0n) is 16.9. The molecule has 0 unspecified atom stereocenters. The average Bonchev–Trinajstić information content (AvgIpc) is 3.04. The van der Waals surface area contributed by atoms with Crippen molar-refractivity contribution >= 4 is 0 Å². The highest BCUT2D eigenvalue weighted by Gasteiger charge is 2.17. The van der Waals surface area contributed by atoms with Crippen molar-refractivity contribution in [1.29, 1.82) is 0 Å². The first-order chi connectivity index (χ1) is 12.4. The zero-order valence-corrected chi connectivity index (χ0v) is 16.9. The lowest BCUT2D eigenvalue weighted by Gasteiger charge is -2.31. The van der Waals surface area contributed by atoms with Crippen molar-refractivity contribution in [3.63, 3.8) is 0 Å². The number of aromatic nitrogens is 3. The molecule has 5 nitrogen and oxygen atoms in total. The maximum atomic E-state index is 4.21. The maximum Gasteiger partial charge on any atom is 0.149 e. The number of hydrogen-bond acceptors (Lipinski definition) is 4. The third-order valence-corrected chi connectivity index (χ3v) is 5.80. The molecule has 1 aliphatic rings. The normalized spacial score (nSPS) is 17.6. The van der Waals surface area contributed by atoms with Crippen LogP contribution >= 0.6 is 0 Å². The van der Waals surface area contributed by atoms with Gasteiger partial charge < -0.3 is 9.88 Å². The van der Waals surface area contributed by atoms with E-state index in [9.17, 15) is 0 Å². The largest absolute Gasteiger partial charge is 0.319 e. The first-order valence-electron chi connectivity index (χ1n) is 9.82. The van der Waals surface area contributed by atoms with E-state index in [1.165, 1.54) is 48.2 Å². The van der Waals surface area contributed by atoms with Crippen LogP contribution in [0.25, 0.3) is 0 Å². The summed E-state index contributed by atoms with van der Waals surface area (Å²) in [6.45, 7) is 13.4. The molecule has 1 saturated heterocycles. The third-order valence-electron chi connectivity index (χ3n) is 5.80. The van der Waals surface area contributed by atoms with Crippen LogP contribution in [0.5, 0.6) is 0 Å². The lowest BCUT2D eigenvalue weighted by molar-refractivity contribution is 0.185. The van der Waals surface area contributed by atoms with E-state index in [4.69, 9.17) is 0 Å². The quantitative estimate of drug-likeness (QED) is 0.861. The number of aryl methyl sites for hydroxylation is 3. The second-order valence-corrected chi connectivity index (χ2v) is 8.07. The standard InChI is InChI=1S/C21H33N5/c1-15-6-8-26(9-7-15)13-20-11-19(16(2)10-17(20)3)12-22-18(4)21-24-23-14-25(21)5/h10-11,14-15,18,22H,6-9,12-13H2,1-5H3/t18-/m0/s1. The zero-order chi connectivity index (χ0) is 18.7. The summed E-state index contributed by atoms with van der Waals surface area (Å²) in [6.07, 6.45) is 4.41. The van der Waals surface area contributed by atoms with Crippen LogP contribution in [0.2, 0.25) is 0 Å². The maximum absolute atomic E-state index is 4.21. The fourth-order valence-corrected chi connectivity index (χ4v) is 3.81. The number of likely N-dealkylation sites (tertiary alicyclic amines) is 1. The molecule has 0 aliphatic carbocycles. The molecule has 1 N–H and O–H groups in total. The van der Waals surface area contributed by atoms with Crippen LogP contribution in [0.4, 0.5) is 0 Å². The van der Waals surface area contributed by atoms with E-state index in [2.05, 4.69) is 60.2 Å². The van der Waals surface area contributed by atoms with Crippen molar-refractivity contribution in [3.8, 4) is 0 Å². The molecule has 0 saturated carbocycles. The van der Waals surface area contributed by atoms with Gasteiger partial charge in [0.1, 0.15) is 12.2 Å². The summed E-state index contributed by atoms with van der Waals surface area (Å²) >= 11 is 0. The van der Waals surface area contributed by atoms with Crippen LogP contribution in [-0.4, -0.2) is 32.8 Å². The lowest BCUT2D eigenvalue weighted by atomic mass is 9.96. The summed E-state index contributed by atoms with van der Waals surface area (Å²) < 4.78 is 1.97. The predicted molar refractivity (Wildman–Crippen MR) is 106 cm³/mol. The number of benzene rings is 1. The molecule has 5 heteroatoms. The smallest absolute Gasteiger partial charge is 0.149 e. The highest BCUT2D eigenvalue weighted by molar-refractivity contribution is 5.37. The highest BCUT2D eigenvalue weighted by Crippen LogP contribution is 2.22. The SMILES string of the molecule is Cc1cc(C)c(CN2CCC(C)CC2)cc1CN[C@@H](C)c1nncn1C. The Balaban J connectivity index is 1.66. The van der Waals surface area contributed by atoms with E-state index in [0.717, 1.165) is 24.8 Å². The summed E-state index contributed by atoms with van der Waals surface area (Å²) in [5, 5.41) is 11.8. The van der Waals surface area contributed by atoms with Crippen molar-refractivity contribution in [2.45, 2.75) is 59.7 Å². The molecule has 1 aromatic carbocycles.